The molecule has 0 aliphatic heterocycles. The standard InChI is InChI=1S/C23H26ClN3O2/c1-5-20-21(24)23(26-14-25-20)27-22(15(2)3)16-6-8-18(9-7-16)29-19-12-10-17(28-4)11-13-19/h6-15,22H,5H2,1-4H3,(H,25,26,27). The van der Waals surface area contributed by atoms with Gasteiger partial charge in [0.1, 0.15) is 34.4 Å². The number of benzene rings is 2. The average Bonchev–Trinajstić information content (AvgIpc) is 2.74. The molecule has 0 aliphatic carbocycles. The normalized spacial score (nSPS) is 11.9. The highest BCUT2D eigenvalue weighted by molar-refractivity contribution is 6.33. The van der Waals surface area contributed by atoms with Gasteiger partial charge in [0.05, 0.1) is 18.8 Å². The Morgan fingerprint density at radius 1 is 0.931 bits per heavy atom. The summed E-state index contributed by atoms with van der Waals surface area (Å²) in [4.78, 5) is 8.57. The molecule has 1 heterocycles. The van der Waals surface area contributed by atoms with Crippen LogP contribution < -0.4 is 14.8 Å². The predicted octanol–water partition coefficient (Wildman–Crippen LogP) is 6.30. The summed E-state index contributed by atoms with van der Waals surface area (Å²) in [6, 6.07) is 15.6. The van der Waals surface area contributed by atoms with E-state index in [4.69, 9.17) is 21.1 Å². The number of nitrogens with one attached hydrogen (secondary N) is 1. The summed E-state index contributed by atoms with van der Waals surface area (Å²) in [6.45, 7) is 6.35. The van der Waals surface area contributed by atoms with Gasteiger partial charge in [-0.3, -0.25) is 0 Å². The number of aromatic nitrogens is 2. The van der Waals surface area contributed by atoms with E-state index in [1.807, 2.05) is 43.3 Å². The molecule has 0 amide bonds. The van der Waals surface area contributed by atoms with Crippen LogP contribution in [0.25, 0.3) is 0 Å². The van der Waals surface area contributed by atoms with E-state index in [1.54, 1.807) is 13.4 Å². The van der Waals surface area contributed by atoms with E-state index < -0.39 is 0 Å². The van der Waals surface area contributed by atoms with Crippen LogP contribution in [0.15, 0.2) is 54.9 Å². The van der Waals surface area contributed by atoms with Crippen LogP contribution >= 0.6 is 11.6 Å². The first kappa shape index (κ1) is 20.9. The monoisotopic (exact) mass is 411 g/mol. The maximum absolute atomic E-state index is 6.47. The second-order valence-electron chi connectivity index (χ2n) is 7.05. The van der Waals surface area contributed by atoms with Crippen LogP contribution in [-0.4, -0.2) is 17.1 Å². The van der Waals surface area contributed by atoms with Crippen molar-refractivity contribution >= 4 is 17.4 Å². The van der Waals surface area contributed by atoms with Gasteiger partial charge in [0.2, 0.25) is 0 Å². The largest absolute Gasteiger partial charge is 0.497 e. The van der Waals surface area contributed by atoms with E-state index in [0.717, 1.165) is 34.9 Å². The summed E-state index contributed by atoms with van der Waals surface area (Å²) < 4.78 is 11.1. The number of halogens is 1. The van der Waals surface area contributed by atoms with Gasteiger partial charge < -0.3 is 14.8 Å². The molecule has 1 atom stereocenters. The zero-order valence-corrected chi connectivity index (χ0v) is 17.9. The molecule has 5 nitrogen and oxygen atoms in total. The van der Waals surface area contributed by atoms with Crippen LogP contribution in [0, 0.1) is 5.92 Å². The highest BCUT2D eigenvalue weighted by atomic mass is 35.5. The quantitative estimate of drug-likeness (QED) is 0.471. The third kappa shape index (κ3) is 5.18. The van der Waals surface area contributed by atoms with Crippen LogP contribution in [0.5, 0.6) is 17.2 Å². The van der Waals surface area contributed by atoms with E-state index in [1.165, 1.54) is 0 Å². The van der Waals surface area contributed by atoms with Gasteiger partial charge in [-0.25, -0.2) is 9.97 Å². The third-order valence-electron chi connectivity index (χ3n) is 4.69. The molecule has 6 heteroatoms. The lowest BCUT2D eigenvalue weighted by Gasteiger charge is -2.24. The topological polar surface area (TPSA) is 56.3 Å². The molecule has 1 aromatic heterocycles. The highest BCUT2D eigenvalue weighted by Gasteiger charge is 2.19. The molecule has 0 saturated carbocycles. The third-order valence-corrected chi connectivity index (χ3v) is 5.09. The fourth-order valence-corrected chi connectivity index (χ4v) is 3.34. The van der Waals surface area contributed by atoms with Gasteiger partial charge in [-0.2, -0.15) is 0 Å². The summed E-state index contributed by atoms with van der Waals surface area (Å²) in [5.41, 5.74) is 1.98. The molecular weight excluding hydrogens is 386 g/mol. The molecule has 0 radical (unpaired) electrons. The number of hydrogen-bond donors (Lipinski definition) is 1. The number of anilines is 1. The van der Waals surface area contributed by atoms with Crippen LogP contribution in [0.1, 0.15) is 38.1 Å². The van der Waals surface area contributed by atoms with E-state index in [9.17, 15) is 0 Å². The highest BCUT2D eigenvalue weighted by Crippen LogP contribution is 2.32. The smallest absolute Gasteiger partial charge is 0.149 e. The minimum Gasteiger partial charge on any atom is -0.497 e. The van der Waals surface area contributed by atoms with Gasteiger partial charge in [0.25, 0.3) is 0 Å². The Kier molecular flexibility index (Phi) is 6.94. The van der Waals surface area contributed by atoms with Gasteiger partial charge in [-0.05, 0) is 54.3 Å². The molecule has 0 bridgehead atoms. The Bertz CT molecular complexity index is 928. The number of nitrogens with zero attached hydrogens (tertiary/aromatic N) is 2. The van der Waals surface area contributed by atoms with Crippen molar-refractivity contribution in [3.05, 3.63) is 71.1 Å². The van der Waals surface area contributed by atoms with Crippen molar-refractivity contribution in [3.8, 4) is 17.2 Å². The van der Waals surface area contributed by atoms with Crippen molar-refractivity contribution in [2.75, 3.05) is 12.4 Å². The minimum atomic E-state index is 0.0575. The molecule has 1 unspecified atom stereocenters. The predicted molar refractivity (Wildman–Crippen MR) is 117 cm³/mol. The van der Waals surface area contributed by atoms with Crippen molar-refractivity contribution < 1.29 is 9.47 Å². The number of hydrogen-bond acceptors (Lipinski definition) is 5. The lowest BCUT2D eigenvalue weighted by atomic mass is 9.96. The molecule has 0 fully saturated rings. The van der Waals surface area contributed by atoms with Crippen molar-refractivity contribution in [2.45, 2.75) is 33.2 Å². The number of methoxy groups -OCH3 is 1. The molecular formula is C23H26ClN3O2. The Labute approximate surface area is 177 Å². The van der Waals surface area contributed by atoms with Gasteiger partial charge in [-0.15, -0.1) is 0 Å². The van der Waals surface area contributed by atoms with Crippen molar-refractivity contribution in [3.63, 3.8) is 0 Å². The summed E-state index contributed by atoms with van der Waals surface area (Å²) >= 11 is 6.47. The molecule has 152 valence electrons. The first-order chi connectivity index (χ1) is 14.0. The Morgan fingerprint density at radius 2 is 1.52 bits per heavy atom. The second kappa shape index (κ2) is 9.61. The molecule has 2 aromatic carbocycles. The molecule has 0 saturated heterocycles. The maximum atomic E-state index is 6.47. The van der Waals surface area contributed by atoms with E-state index in [0.29, 0.717) is 16.8 Å². The Balaban J connectivity index is 1.76. The SMILES string of the molecule is CCc1ncnc(NC(c2ccc(Oc3ccc(OC)cc3)cc2)C(C)C)c1Cl. The first-order valence-electron chi connectivity index (χ1n) is 9.69. The molecule has 1 N–H and O–H groups in total. The average molecular weight is 412 g/mol. The number of aryl methyl sites for hydroxylation is 1. The summed E-state index contributed by atoms with van der Waals surface area (Å²) in [5.74, 6) is 3.33. The van der Waals surface area contributed by atoms with Crippen molar-refractivity contribution in [1.82, 2.24) is 9.97 Å². The molecule has 3 rings (SSSR count). The van der Waals surface area contributed by atoms with E-state index >= 15 is 0 Å². The van der Waals surface area contributed by atoms with Crippen LogP contribution in [0.3, 0.4) is 0 Å². The van der Waals surface area contributed by atoms with E-state index in [-0.39, 0.29) is 6.04 Å². The first-order valence-corrected chi connectivity index (χ1v) is 10.1. The summed E-state index contributed by atoms with van der Waals surface area (Å²) in [6.07, 6.45) is 2.32. The van der Waals surface area contributed by atoms with Gasteiger partial charge >= 0.3 is 0 Å². The summed E-state index contributed by atoms with van der Waals surface area (Å²) in [7, 11) is 1.64. The zero-order chi connectivity index (χ0) is 20.8. The summed E-state index contributed by atoms with van der Waals surface area (Å²) in [5, 5.41) is 4.07. The van der Waals surface area contributed by atoms with Gasteiger partial charge in [-0.1, -0.05) is 44.5 Å². The van der Waals surface area contributed by atoms with Crippen LogP contribution in [0.2, 0.25) is 5.02 Å². The van der Waals surface area contributed by atoms with Crippen molar-refractivity contribution in [2.24, 2.45) is 5.92 Å². The molecule has 3 aromatic rings. The molecule has 29 heavy (non-hydrogen) atoms. The Morgan fingerprint density at radius 3 is 2.07 bits per heavy atom. The zero-order valence-electron chi connectivity index (χ0n) is 17.1. The second-order valence-corrected chi connectivity index (χ2v) is 7.43. The van der Waals surface area contributed by atoms with Crippen molar-refractivity contribution in [1.29, 1.82) is 0 Å². The van der Waals surface area contributed by atoms with Gasteiger partial charge in [0.15, 0.2) is 0 Å². The Hall–Kier alpha value is -2.79. The van der Waals surface area contributed by atoms with E-state index in [2.05, 4.69) is 41.3 Å². The molecule has 0 spiro atoms. The lowest BCUT2D eigenvalue weighted by Crippen LogP contribution is -2.18. The minimum absolute atomic E-state index is 0.0575. The number of rotatable bonds is 8. The fraction of sp³-hybridized carbons (Fsp3) is 0.304. The molecule has 0 aliphatic rings. The lowest BCUT2D eigenvalue weighted by molar-refractivity contribution is 0.413. The fourth-order valence-electron chi connectivity index (χ4n) is 3.06. The number of ether oxygens (including phenoxy) is 2. The van der Waals surface area contributed by atoms with Crippen LogP contribution in [-0.2, 0) is 6.42 Å². The van der Waals surface area contributed by atoms with Crippen LogP contribution in [0.4, 0.5) is 5.82 Å². The van der Waals surface area contributed by atoms with Gasteiger partial charge in [0, 0.05) is 0 Å². The maximum Gasteiger partial charge on any atom is 0.149 e.